The van der Waals surface area contributed by atoms with Crippen molar-refractivity contribution in [1.29, 1.82) is 0 Å². The van der Waals surface area contributed by atoms with E-state index in [2.05, 4.69) is 14.9 Å². The molecule has 0 spiro atoms. The van der Waals surface area contributed by atoms with Crippen molar-refractivity contribution in [3.8, 4) is 5.75 Å². The van der Waals surface area contributed by atoms with Crippen LogP contribution < -0.4 is 14.8 Å². The quantitative estimate of drug-likeness (QED) is 0.790. The van der Waals surface area contributed by atoms with E-state index in [0.29, 0.717) is 30.6 Å². The van der Waals surface area contributed by atoms with E-state index < -0.39 is 10.0 Å². The minimum atomic E-state index is -3.60. The van der Waals surface area contributed by atoms with Crippen molar-refractivity contribution in [2.24, 2.45) is 0 Å². The van der Waals surface area contributed by atoms with Crippen LogP contribution in [-0.2, 0) is 14.8 Å². The average Bonchev–Trinajstić information content (AvgIpc) is 3.30. The highest BCUT2D eigenvalue weighted by atomic mass is 32.2. The van der Waals surface area contributed by atoms with Crippen molar-refractivity contribution in [1.82, 2.24) is 9.62 Å². The molecule has 3 rings (SSSR count). The normalized spacial score (nSPS) is 17.8. The Morgan fingerprint density at radius 3 is 2.91 bits per heavy atom. The molecule has 1 heterocycles. The third-order valence-electron chi connectivity index (χ3n) is 3.82. The molecule has 22 heavy (non-hydrogen) atoms. The van der Waals surface area contributed by atoms with Gasteiger partial charge in [-0.3, -0.25) is 4.79 Å². The van der Waals surface area contributed by atoms with Gasteiger partial charge in [0.2, 0.25) is 10.0 Å². The molecule has 2 aliphatic rings. The molecular formula is C14H19N3O4S. The molecule has 0 atom stereocenters. The van der Waals surface area contributed by atoms with Crippen LogP contribution >= 0.6 is 0 Å². The number of rotatable bonds is 6. The lowest BCUT2D eigenvalue weighted by Crippen LogP contribution is -2.34. The molecule has 120 valence electrons. The van der Waals surface area contributed by atoms with Crippen molar-refractivity contribution in [2.75, 3.05) is 32.1 Å². The number of hydrogen-bond acceptors (Lipinski definition) is 5. The van der Waals surface area contributed by atoms with E-state index >= 15 is 0 Å². The summed E-state index contributed by atoms with van der Waals surface area (Å²) >= 11 is 0. The number of benzene rings is 1. The fourth-order valence-corrected chi connectivity index (χ4v) is 3.41. The first-order valence-electron chi connectivity index (χ1n) is 7.22. The summed E-state index contributed by atoms with van der Waals surface area (Å²) in [6, 6.07) is 5.04. The molecule has 0 saturated heterocycles. The number of nitrogens with zero attached hydrogens (tertiary/aromatic N) is 1. The van der Waals surface area contributed by atoms with Crippen LogP contribution in [0.1, 0.15) is 12.8 Å². The molecule has 8 heteroatoms. The molecule has 1 aromatic rings. The summed E-state index contributed by atoms with van der Waals surface area (Å²) in [6.07, 6.45) is 2.38. The first kappa shape index (κ1) is 15.3. The lowest BCUT2D eigenvalue weighted by atomic mass is 10.2. The Morgan fingerprint density at radius 2 is 2.18 bits per heavy atom. The van der Waals surface area contributed by atoms with Crippen LogP contribution in [0.3, 0.4) is 0 Å². The van der Waals surface area contributed by atoms with Crippen molar-refractivity contribution in [3.05, 3.63) is 18.2 Å². The molecule has 2 N–H and O–H groups in total. The van der Waals surface area contributed by atoms with Gasteiger partial charge in [-0.05, 0) is 38.1 Å². The lowest BCUT2D eigenvalue weighted by molar-refractivity contribution is -0.118. The SMILES string of the molecule is CN(CCNS(=O)(=O)c1ccc2c(c1)NC(=O)CO2)C1CC1. The molecule has 1 aromatic carbocycles. The second-order valence-electron chi connectivity index (χ2n) is 5.60. The average molecular weight is 325 g/mol. The number of anilines is 1. The number of fused-ring (bicyclic) bond motifs is 1. The molecule has 1 fully saturated rings. The van der Waals surface area contributed by atoms with Gasteiger partial charge >= 0.3 is 0 Å². The molecular weight excluding hydrogens is 306 g/mol. The Hall–Kier alpha value is -1.64. The van der Waals surface area contributed by atoms with Gasteiger partial charge in [0, 0.05) is 19.1 Å². The molecule has 0 radical (unpaired) electrons. The number of carbonyl (C=O) groups is 1. The smallest absolute Gasteiger partial charge is 0.262 e. The standard InChI is InChI=1S/C14H19N3O4S/c1-17(10-2-3-10)7-6-15-22(19,20)11-4-5-13-12(8-11)16-14(18)9-21-13/h4-5,8,10,15H,2-3,6-7,9H2,1H3,(H,16,18). The maximum atomic E-state index is 12.3. The van der Waals surface area contributed by atoms with Crippen LogP contribution in [0.15, 0.2) is 23.1 Å². The van der Waals surface area contributed by atoms with Gasteiger partial charge in [0.05, 0.1) is 10.6 Å². The second kappa shape index (κ2) is 5.86. The highest BCUT2D eigenvalue weighted by Crippen LogP contribution is 2.30. The Morgan fingerprint density at radius 1 is 1.41 bits per heavy atom. The number of hydrogen-bond donors (Lipinski definition) is 2. The van der Waals surface area contributed by atoms with Gasteiger partial charge in [-0.15, -0.1) is 0 Å². The van der Waals surface area contributed by atoms with E-state index in [9.17, 15) is 13.2 Å². The molecule has 1 aliphatic carbocycles. The summed E-state index contributed by atoms with van der Waals surface area (Å²) < 4.78 is 32.4. The number of amides is 1. The first-order valence-corrected chi connectivity index (χ1v) is 8.70. The van der Waals surface area contributed by atoms with Crippen LogP contribution in [0.2, 0.25) is 0 Å². The molecule has 1 amide bonds. The molecule has 7 nitrogen and oxygen atoms in total. The van der Waals surface area contributed by atoms with Gasteiger partial charge in [-0.1, -0.05) is 0 Å². The van der Waals surface area contributed by atoms with E-state index in [1.54, 1.807) is 6.07 Å². The number of carbonyl (C=O) groups excluding carboxylic acids is 1. The topological polar surface area (TPSA) is 87.7 Å². The van der Waals surface area contributed by atoms with E-state index in [4.69, 9.17) is 4.74 Å². The zero-order valence-corrected chi connectivity index (χ0v) is 13.1. The number of nitrogens with one attached hydrogen (secondary N) is 2. The van der Waals surface area contributed by atoms with Crippen molar-refractivity contribution < 1.29 is 17.9 Å². The zero-order valence-electron chi connectivity index (χ0n) is 12.3. The summed E-state index contributed by atoms with van der Waals surface area (Å²) in [4.78, 5) is 13.6. The largest absolute Gasteiger partial charge is 0.482 e. The van der Waals surface area contributed by atoms with Gasteiger partial charge in [-0.2, -0.15) is 0 Å². The van der Waals surface area contributed by atoms with Crippen LogP contribution in [0.4, 0.5) is 5.69 Å². The maximum Gasteiger partial charge on any atom is 0.262 e. The summed E-state index contributed by atoms with van der Waals surface area (Å²) in [5.74, 6) is 0.188. The monoisotopic (exact) mass is 325 g/mol. The first-order chi connectivity index (χ1) is 10.5. The number of likely N-dealkylation sites (N-methyl/N-ethyl adjacent to an activating group) is 1. The summed E-state index contributed by atoms with van der Waals surface area (Å²) in [5, 5.41) is 2.61. The van der Waals surface area contributed by atoms with Gasteiger partial charge in [0.15, 0.2) is 6.61 Å². The highest BCUT2D eigenvalue weighted by Gasteiger charge is 2.26. The van der Waals surface area contributed by atoms with Crippen molar-refractivity contribution >= 4 is 21.6 Å². The molecule has 1 aliphatic heterocycles. The van der Waals surface area contributed by atoms with Gasteiger partial charge < -0.3 is 15.0 Å². The molecule has 0 unspecified atom stereocenters. The molecule has 1 saturated carbocycles. The Balaban J connectivity index is 1.66. The van der Waals surface area contributed by atoms with E-state index in [1.807, 2.05) is 7.05 Å². The van der Waals surface area contributed by atoms with Crippen LogP contribution in [0, 0.1) is 0 Å². The third kappa shape index (κ3) is 3.40. The van der Waals surface area contributed by atoms with Crippen LogP contribution in [0.25, 0.3) is 0 Å². The van der Waals surface area contributed by atoms with Gasteiger partial charge in [0.25, 0.3) is 5.91 Å². The van der Waals surface area contributed by atoms with Crippen molar-refractivity contribution in [3.63, 3.8) is 0 Å². The highest BCUT2D eigenvalue weighted by molar-refractivity contribution is 7.89. The second-order valence-corrected chi connectivity index (χ2v) is 7.37. The van der Waals surface area contributed by atoms with Crippen LogP contribution in [0.5, 0.6) is 5.75 Å². The van der Waals surface area contributed by atoms with Gasteiger partial charge in [-0.25, -0.2) is 13.1 Å². The summed E-state index contributed by atoms with van der Waals surface area (Å²) in [5.41, 5.74) is 0.384. The van der Waals surface area contributed by atoms with E-state index in [-0.39, 0.29) is 17.4 Å². The number of sulfonamides is 1. The summed E-state index contributed by atoms with van der Waals surface area (Å²) in [6.45, 7) is 0.981. The molecule has 0 aromatic heterocycles. The molecule has 0 bridgehead atoms. The fourth-order valence-electron chi connectivity index (χ4n) is 2.37. The van der Waals surface area contributed by atoms with Crippen molar-refractivity contribution in [2.45, 2.75) is 23.8 Å². The lowest BCUT2D eigenvalue weighted by Gasteiger charge is -2.19. The number of ether oxygens (including phenoxy) is 1. The predicted molar refractivity (Wildman–Crippen MR) is 81.4 cm³/mol. The maximum absolute atomic E-state index is 12.3. The minimum absolute atomic E-state index is 0.0507. The Kier molecular flexibility index (Phi) is 4.07. The summed E-state index contributed by atoms with van der Waals surface area (Å²) in [7, 11) is -1.60. The predicted octanol–water partition coefficient (Wildman–Crippen LogP) is 0.390. The van der Waals surface area contributed by atoms with E-state index in [0.717, 1.165) is 0 Å². The van der Waals surface area contributed by atoms with E-state index in [1.165, 1.54) is 25.0 Å². The fraction of sp³-hybridized carbons (Fsp3) is 0.500. The zero-order chi connectivity index (χ0) is 15.7. The Labute approximate surface area is 129 Å². The van der Waals surface area contributed by atoms with Crippen LogP contribution in [-0.4, -0.2) is 52.0 Å². The third-order valence-corrected chi connectivity index (χ3v) is 5.28. The Bertz CT molecular complexity index is 685. The minimum Gasteiger partial charge on any atom is -0.482 e. The van der Waals surface area contributed by atoms with Gasteiger partial charge in [0.1, 0.15) is 5.75 Å².